The van der Waals surface area contributed by atoms with E-state index in [0.717, 1.165) is 19.0 Å². The van der Waals surface area contributed by atoms with Crippen molar-refractivity contribution in [3.05, 3.63) is 29.8 Å². The molecule has 1 saturated heterocycles. The van der Waals surface area contributed by atoms with Gasteiger partial charge in [0.15, 0.2) is 0 Å². The van der Waals surface area contributed by atoms with E-state index in [4.69, 9.17) is 0 Å². The number of rotatable bonds is 4. The van der Waals surface area contributed by atoms with Crippen LogP contribution in [0.25, 0.3) is 0 Å². The summed E-state index contributed by atoms with van der Waals surface area (Å²) in [7, 11) is 0. The molecule has 1 aromatic rings. The Morgan fingerprint density at radius 3 is 2.11 bits per heavy atom. The molecule has 0 saturated carbocycles. The van der Waals surface area contributed by atoms with Crippen molar-refractivity contribution in [2.24, 2.45) is 5.92 Å². The Morgan fingerprint density at radius 2 is 1.61 bits per heavy atom. The summed E-state index contributed by atoms with van der Waals surface area (Å²) in [6.07, 6.45) is 1.18. The second-order valence-corrected chi connectivity index (χ2v) is 5.69. The zero-order valence-electron chi connectivity index (χ0n) is 12.0. The standard InChI is InChI=1S/C16H26N2/c1-4-17-9-11-18(12-10-17)16-7-5-15(6-8-16)13-14(2)3/h5-8,14H,4,9-13H2,1-3H3. The van der Waals surface area contributed by atoms with Gasteiger partial charge in [0.2, 0.25) is 0 Å². The van der Waals surface area contributed by atoms with E-state index in [1.165, 1.54) is 37.3 Å². The van der Waals surface area contributed by atoms with Crippen LogP contribution in [0.2, 0.25) is 0 Å². The van der Waals surface area contributed by atoms with Crippen LogP contribution in [0.5, 0.6) is 0 Å². The number of benzene rings is 1. The predicted molar refractivity (Wildman–Crippen MR) is 79.3 cm³/mol. The molecule has 1 fully saturated rings. The van der Waals surface area contributed by atoms with Crippen LogP contribution in [0.3, 0.4) is 0 Å². The maximum Gasteiger partial charge on any atom is 0.0367 e. The Labute approximate surface area is 112 Å². The third-order valence-electron chi connectivity index (χ3n) is 3.76. The van der Waals surface area contributed by atoms with Crippen LogP contribution in [-0.2, 0) is 6.42 Å². The van der Waals surface area contributed by atoms with E-state index in [1.807, 2.05) is 0 Å². The SMILES string of the molecule is CCN1CCN(c2ccc(CC(C)C)cc2)CC1. The third kappa shape index (κ3) is 3.49. The van der Waals surface area contributed by atoms with Crippen LogP contribution in [0.4, 0.5) is 5.69 Å². The van der Waals surface area contributed by atoms with Gasteiger partial charge in [0.1, 0.15) is 0 Å². The first-order valence-corrected chi connectivity index (χ1v) is 7.25. The van der Waals surface area contributed by atoms with Gasteiger partial charge >= 0.3 is 0 Å². The molecular weight excluding hydrogens is 220 g/mol. The molecule has 0 aliphatic carbocycles. The normalized spacial score (nSPS) is 17.4. The monoisotopic (exact) mass is 246 g/mol. The molecule has 0 spiro atoms. The van der Waals surface area contributed by atoms with Gasteiger partial charge in [-0.2, -0.15) is 0 Å². The molecule has 0 radical (unpaired) electrons. The van der Waals surface area contributed by atoms with Gasteiger partial charge < -0.3 is 9.80 Å². The smallest absolute Gasteiger partial charge is 0.0367 e. The molecule has 1 heterocycles. The molecule has 0 aromatic heterocycles. The average Bonchev–Trinajstić information content (AvgIpc) is 2.39. The van der Waals surface area contributed by atoms with E-state index < -0.39 is 0 Å². The minimum atomic E-state index is 0.740. The van der Waals surface area contributed by atoms with E-state index in [0.29, 0.717) is 0 Å². The van der Waals surface area contributed by atoms with Crippen molar-refractivity contribution >= 4 is 5.69 Å². The van der Waals surface area contributed by atoms with E-state index in [1.54, 1.807) is 0 Å². The lowest BCUT2D eigenvalue weighted by Gasteiger charge is -2.35. The van der Waals surface area contributed by atoms with Crippen LogP contribution in [0.15, 0.2) is 24.3 Å². The number of piperazine rings is 1. The van der Waals surface area contributed by atoms with Crippen molar-refractivity contribution in [1.29, 1.82) is 0 Å². The van der Waals surface area contributed by atoms with E-state index >= 15 is 0 Å². The molecule has 0 unspecified atom stereocenters. The Balaban J connectivity index is 1.93. The Bertz CT molecular complexity index is 348. The summed E-state index contributed by atoms with van der Waals surface area (Å²) in [4.78, 5) is 5.02. The average molecular weight is 246 g/mol. The van der Waals surface area contributed by atoms with Crippen LogP contribution >= 0.6 is 0 Å². The topological polar surface area (TPSA) is 6.48 Å². The maximum absolute atomic E-state index is 2.52. The second-order valence-electron chi connectivity index (χ2n) is 5.69. The summed E-state index contributed by atoms with van der Waals surface area (Å²) in [5, 5.41) is 0. The molecule has 0 atom stereocenters. The molecule has 2 nitrogen and oxygen atoms in total. The third-order valence-corrected chi connectivity index (χ3v) is 3.76. The maximum atomic E-state index is 2.52. The number of likely N-dealkylation sites (N-methyl/N-ethyl adjacent to an activating group) is 1. The van der Waals surface area contributed by atoms with Crippen molar-refractivity contribution in [2.75, 3.05) is 37.6 Å². The van der Waals surface area contributed by atoms with E-state index in [9.17, 15) is 0 Å². The molecule has 2 rings (SSSR count). The highest BCUT2D eigenvalue weighted by Crippen LogP contribution is 2.18. The fourth-order valence-corrected chi connectivity index (χ4v) is 2.64. The molecule has 2 heteroatoms. The summed E-state index contributed by atoms with van der Waals surface area (Å²) in [6, 6.07) is 9.17. The number of hydrogen-bond acceptors (Lipinski definition) is 2. The molecule has 18 heavy (non-hydrogen) atoms. The van der Waals surface area contributed by atoms with Crippen molar-refractivity contribution in [3.8, 4) is 0 Å². The quantitative estimate of drug-likeness (QED) is 0.806. The minimum Gasteiger partial charge on any atom is -0.369 e. The summed E-state index contributed by atoms with van der Waals surface area (Å²) >= 11 is 0. The molecule has 0 amide bonds. The first kappa shape index (κ1) is 13.4. The lowest BCUT2D eigenvalue weighted by molar-refractivity contribution is 0.271. The van der Waals surface area contributed by atoms with Crippen LogP contribution in [0, 0.1) is 5.92 Å². The molecule has 100 valence electrons. The van der Waals surface area contributed by atoms with Gasteiger partial charge in [-0.05, 0) is 36.6 Å². The first-order chi connectivity index (χ1) is 8.69. The largest absolute Gasteiger partial charge is 0.369 e. The van der Waals surface area contributed by atoms with Gasteiger partial charge in [0.05, 0.1) is 0 Å². The van der Waals surface area contributed by atoms with Crippen LogP contribution in [-0.4, -0.2) is 37.6 Å². The molecule has 0 bridgehead atoms. The second kappa shape index (κ2) is 6.24. The van der Waals surface area contributed by atoms with E-state index in [2.05, 4.69) is 54.8 Å². The number of nitrogens with zero attached hydrogens (tertiary/aromatic N) is 2. The Hall–Kier alpha value is -1.02. The zero-order chi connectivity index (χ0) is 13.0. The Morgan fingerprint density at radius 1 is 1.00 bits per heavy atom. The van der Waals surface area contributed by atoms with Crippen LogP contribution < -0.4 is 4.90 Å². The predicted octanol–water partition coefficient (Wildman–Crippen LogP) is 3.03. The molecular formula is C16H26N2. The van der Waals surface area contributed by atoms with Crippen molar-refractivity contribution < 1.29 is 0 Å². The van der Waals surface area contributed by atoms with Gasteiger partial charge in [0, 0.05) is 31.9 Å². The van der Waals surface area contributed by atoms with Gasteiger partial charge in [-0.1, -0.05) is 32.9 Å². The van der Waals surface area contributed by atoms with Crippen molar-refractivity contribution in [2.45, 2.75) is 27.2 Å². The minimum absolute atomic E-state index is 0.740. The summed E-state index contributed by atoms with van der Waals surface area (Å²) in [6.45, 7) is 12.7. The highest BCUT2D eigenvalue weighted by atomic mass is 15.3. The molecule has 1 aliphatic rings. The number of anilines is 1. The summed E-state index contributed by atoms with van der Waals surface area (Å²) < 4.78 is 0. The fourth-order valence-electron chi connectivity index (χ4n) is 2.64. The van der Waals surface area contributed by atoms with Gasteiger partial charge in [-0.3, -0.25) is 0 Å². The Kier molecular flexibility index (Phi) is 4.65. The van der Waals surface area contributed by atoms with E-state index in [-0.39, 0.29) is 0 Å². The van der Waals surface area contributed by atoms with Gasteiger partial charge in [-0.15, -0.1) is 0 Å². The van der Waals surface area contributed by atoms with Gasteiger partial charge in [-0.25, -0.2) is 0 Å². The molecule has 1 aliphatic heterocycles. The fraction of sp³-hybridized carbons (Fsp3) is 0.625. The summed E-state index contributed by atoms with van der Waals surface area (Å²) in [5.41, 5.74) is 2.85. The lowest BCUT2D eigenvalue weighted by atomic mass is 10.0. The summed E-state index contributed by atoms with van der Waals surface area (Å²) in [5.74, 6) is 0.740. The van der Waals surface area contributed by atoms with Crippen LogP contribution in [0.1, 0.15) is 26.3 Å². The molecule has 1 aromatic carbocycles. The first-order valence-electron chi connectivity index (χ1n) is 7.25. The highest BCUT2D eigenvalue weighted by Gasteiger charge is 2.15. The zero-order valence-corrected chi connectivity index (χ0v) is 12.0. The van der Waals surface area contributed by atoms with Gasteiger partial charge in [0.25, 0.3) is 0 Å². The molecule has 0 N–H and O–H groups in total. The lowest BCUT2D eigenvalue weighted by Crippen LogP contribution is -2.46. The number of hydrogen-bond donors (Lipinski definition) is 0. The van der Waals surface area contributed by atoms with Crippen molar-refractivity contribution in [1.82, 2.24) is 4.90 Å². The highest BCUT2D eigenvalue weighted by molar-refractivity contribution is 5.48. The van der Waals surface area contributed by atoms with Crippen molar-refractivity contribution in [3.63, 3.8) is 0 Å².